The average molecular weight is 447 g/mol. The Hall–Kier alpha value is -2.56. The van der Waals surface area contributed by atoms with Crippen molar-refractivity contribution in [2.75, 3.05) is 53.0 Å². The normalized spacial score (nSPS) is 19.3. The number of rotatable bonds is 7. The summed E-state index contributed by atoms with van der Waals surface area (Å²) in [4.78, 5) is 46.6. The van der Waals surface area contributed by atoms with E-state index in [2.05, 4.69) is 10.3 Å². The highest BCUT2D eigenvalue weighted by Crippen LogP contribution is 2.37. The number of hydrogen-bond donors (Lipinski definition) is 1. The third kappa shape index (κ3) is 4.70. The molecule has 2 aliphatic heterocycles. The van der Waals surface area contributed by atoms with Crippen LogP contribution >= 0.6 is 11.3 Å². The zero-order valence-electron chi connectivity index (χ0n) is 17.5. The number of thiophene rings is 1. The lowest BCUT2D eigenvalue weighted by molar-refractivity contribution is -0.143. The van der Waals surface area contributed by atoms with E-state index >= 15 is 0 Å². The van der Waals surface area contributed by atoms with Crippen LogP contribution in [-0.4, -0.2) is 85.6 Å². The summed E-state index contributed by atoms with van der Waals surface area (Å²) in [5.41, 5.74) is 0.762. The van der Waals surface area contributed by atoms with Crippen molar-refractivity contribution in [2.45, 2.75) is 18.9 Å². The van der Waals surface area contributed by atoms with Gasteiger partial charge < -0.3 is 24.6 Å². The number of hydrogen-bond acceptors (Lipinski definition) is 7. The molecule has 4 rings (SSSR count). The predicted molar refractivity (Wildman–Crippen MR) is 115 cm³/mol. The van der Waals surface area contributed by atoms with Crippen LogP contribution in [0.15, 0.2) is 18.3 Å². The van der Waals surface area contributed by atoms with Crippen LogP contribution in [-0.2, 0) is 19.1 Å². The molecular formula is C21H26N4O5S. The molecule has 1 N–H and O–H groups in total. The third-order valence-electron chi connectivity index (χ3n) is 5.54. The summed E-state index contributed by atoms with van der Waals surface area (Å²) in [6.07, 6.45) is 2.56. The van der Waals surface area contributed by atoms with E-state index in [0.29, 0.717) is 50.7 Å². The van der Waals surface area contributed by atoms with Gasteiger partial charge in [-0.3, -0.25) is 14.4 Å². The molecular weight excluding hydrogens is 420 g/mol. The Morgan fingerprint density at radius 3 is 3.03 bits per heavy atom. The van der Waals surface area contributed by atoms with E-state index in [4.69, 9.17) is 9.47 Å². The molecule has 0 spiro atoms. The number of pyridine rings is 1. The number of likely N-dealkylation sites (tertiary alicyclic amines) is 1. The summed E-state index contributed by atoms with van der Waals surface area (Å²) in [5.74, 6) is -0.264. The molecule has 166 valence electrons. The molecule has 2 aromatic rings. The first kappa shape index (κ1) is 21.7. The predicted octanol–water partition coefficient (Wildman–Crippen LogP) is 1.19. The van der Waals surface area contributed by atoms with E-state index in [0.717, 1.165) is 22.2 Å². The highest BCUT2D eigenvalue weighted by Gasteiger charge is 2.33. The molecule has 0 aromatic carbocycles. The first-order valence-corrected chi connectivity index (χ1v) is 11.2. The van der Waals surface area contributed by atoms with Gasteiger partial charge in [-0.05, 0) is 12.5 Å². The standard InChI is InChI=1S/C21H26N4O5S/c1-29-10-7-22-20(28)19-18(14-4-2-6-23-21(14)31-19)15-12-25(9-11-30-15)17(27)13-24-8-3-5-16(24)26/h2,4,6,15H,3,5,7-13H2,1H3,(H,22,28)/t15-/m0/s1. The van der Waals surface area contributed by atoms with Crippen LogP contribution in [0.5, 0.6) is 0 Å². The van der Waals surface area contributed by atoms with Crippen LogP contribution in [0.3, 0.4) is 0 Å². The van der Waals surface area contributed by atoms with Gasteiger partial charge in [-0.15, -0.1) is 11.3 Å². The van der Waals surface area contributed by atoms with Crippen molar-refractivity contribution >= 4 is 39.3 Å². The molecule has 2 fully saturated rings. The van der Waals surface area contributed by atoms with E-state index in [1.807, 2.05) is 12.1 Å². The van der Waals surface area contributed by atoms with Crippen molar-refractivity contribution in [3.63, 3.8) is 0 Å². The highest BCUT2D eigenvalue weighted by molar-refractivity contribution is 7.20. The monoisotopic (exact) mass is 446 g/mol. The van der Waals surface area contributed by atoms with Gasteiger partial charge in [0.25, 0.3) is 5.91 Å². The fourth-order valence-electron chi connectivity index (χ4n) is 3.97. The minimum Gasteiger partial charge on any atom is -0.383 e. The second-order valence-corrected chi connectivity index (χ2v) is 8.57. The van der Waals surface area contributed by atoms with E-state index in [-0.39, 0.29) is 24.3 Å². The van der Waals surface area contributed by atoms with Gasteiger partial charge in [0.2, 0.25) is 11.8 Å². The summed E-state index contributed by atoms with van der Waals surface area (Å²) >= 11 is 1.32. The SMILES string of the molecule is COCCNC(=O)c1sc2ncccc2c1[C@@H]1CN(C(=O)CN2CCCC2=O)CCO1. The van der Waals surface area contributed by atoms with Gasteiger partial charge in [0.05, 0.1) is 26.3 Å². The largest absolute Gasteiger partial charge is 0.383 e. The van der Waals surface area contributed by atoms with Crippen molar-refractivity contribution < 1.29 is 23.9 Å². The Morgan fingerprint density at radius 1 is 1.39 bits per heavy atom. The highest BCUT2D eigenvalue weighted by atomic mass is 32.1. The molecule has 2 aromatic heterocycles. The molecule has 2 saturated heterocycles. The van der Waals surface area contributed by atoms with E-state index in [9.17, 15) is 14.4 Å². The second-order valence-electron chi connectivity index (χ2n) is 7.57. The smallest absolute Gasteiger partial charge is 0.261 e. The number of carbonyl (C=O) groups is 3. The first-order valence-electron chi connectivity index (χ1n) is 10.4. The summed E-state index contributed by atoms with van der Waals surface area (Å²) in [6, 6.07) is 3.75. The number of nitrogens with zero attached hydrogens (tertiary/aromatic N) is 3. The lowest BCUT2D eigenvalue weighted by Crippen LogP contribution is -2.47. The molecule has 2 aliphatic rings. The lowest BCUT2D eigenvalue weighted by Gasteiger charge is -2.34. The van der Waals surface area contributed by atoms with Crippen molar-refractivity contribution in [3.8, 4) is 0 Å². The Morgan fingerprint density at radius 2 is 2.26 bits per heavy atom. The number of morpholine rings is 1. The van der Waals surface area contributed by atoms with E-state index < -0.39 is 6.10 Å². The summed E-state index contributed by atoms with van der Waals surface area (Å²) in [6.45, 7) is 2.71. The second kappa shape index (κ2) is 9.71. The fourth-order valence-corrected chi connectivity index (χ4v) is 5.08. The minimum atomic E-state index is -0.437. The summed E-state index contributed by atoms with van der Waals surface area (Å²) in [7, 11) is 1.58. The molecule has 31 heavy (non-hydrogen) atoms. The van der Waals surface area contributed by atoms with Gasteiger partial charge in [-0.25, -0.2) is 4.98 Å². The van der Waals surface area contributed by atoms with Crippen molar-refractivity contribution in [1.82, 2.24) is 20.1 Å². The number of nitrogens with one attached hydrogen (secondary N) is 1. The number of carbonyl (C=O) groups excluding carboxylic acids is 3. The molecule has 0 unspecified atom stereocenters. The number of ether oxygens (including phenoxy) is 2. The number of fused-ring (bicyclic) bond motifs is 1. The molecule has 1 atom stereocenters. The molecule has 0 bridgehead atoms. The molecule has 0 saturated carbocycles. The molecule has 0 aliphatic carbocycles. The van der Waals surface area contributed by atoms with Crippen molar-refractivity contribution in [3.05, 3.63) is 28.8 Å². The van der Waals surface area contributed by atoms with Crippen LogP contribution in [0.4, 0.5) is 0 Å². The summed E-state index contributed by atoms with van der Waals surface area (Å²) in [5, 5.41) is 3.73. The van der Waals surface area contributed by atoms with E-state index in [1.54, 1.807) is 23.1 Å². The number of amides is 3. The van der Waals surface area contributed by atoms with Gasteiger partial charge in [0.1, 0.15) is 15.8 Å². The maximum Gasteiger partial charge on any atom is 0.261 e. The fraction of sp³-hybridized carbons (Fsp3) is 0.524. The zero-order valence-corrected chi connectivity index (χ0v) is 18.3. The van der Waals surface area contributed by atoms with Crippen molar-refractivity contribution in [1.29, 1.82) is 0 Å². The Labute approximate surface area is 184 Å². The summed E-state index contributed by atoms with van der Waals surface area (Å²) < 4.78 is 11.0. The van der Waals surface area contributed by atoms with Gasteiger partial charge in [-0.1, -0.05) is 6.07 Å². The van der Waals surface area contributed by atoms with Crippen molar-refractivity contribution in [2.24, 2.45) is 0 Å². The number of aromatic nitrogens is 1. The minimum absolute atomic E-state index is 0.0306. The number of methoxy groups -OCH3 is 1. The van der Waals surface area contributed by atoms with Crippen LogP contribution in [0.1, 0.15) is 34.2 Å². The molecule has 10 heteroatoms. The van der Waals surface area contributed by atoms with Crippen LogP contribution in [0.25, 0.3) is 10.2 Å². The van der Waals surface area contributed by atoms with Gasteiger partial charge >= 0.3 is 0 Å². The molecule has 9 nitrogen and oxygen atoms in total. The topological polar surface area (TPSA) is 101 Å². The Balaban J connectivity index is 1.55. The average Bonchev–Trinajstić information content (AvgIpc) is 3.37. The molecule has 0 radical (unpaired) electrons. The van der Waals surface area contributed by atoms with Crippen LogP contribution < -0.4 is 5.32 Å². The van der Waals surface area contributed by atoms with E-state index in [1.165, 1.54) is 11.3 Å². The Bertz CT molecular complexity index is 978. The van der Waals surface area contributed by atoms with Gasteiger partial charge in [0.15, 0.2) is 0 Å². The van der Waals surface area contributed by atoms with Gasteiger partial charge in [0, 0.05) is 50.3 Å². The Kier molecular flexibility index (Phi) is 6.79. The third-order valence-corrected chi connectivity index (χ3v) is 6.67. The molecule has 4 heterocycles. The zero-order chi connectivity index (χ0) is 21.8. The van der Waals surface area contributed by atoms with Gasteiger partial charge in [-0.2, -0.15) is 0 Å². The first-order chi connectivity index (χ1) is 15.1. The molecule has 3 amide bonds. The van der Waals surface area contributed by atoms with Crippen LogP contribution in [0.2, 0.25) is 0 Å². The maximum atomic E-state index is 12.9. The maximum absolute atomic E-state index is 12.9. The van der Waals surface area contributed by atoms with Crippen LogP contribution in [0, 0.1) is 0 Å². The quantitative estimate of drug-likeness (QED) is 0.642. The lowest BCUT2D eigenvalue weighted by atomic mass is 10.0.